The van der Waals surface area contributed by atoms with Crippen LogP contribution < -0.4 is 36.1 Å². The van der Waals surface area contributed by atoms with Gasteiger partial charge in [0.15, 0.2) is 11.7 Å². The number of hydrogen-bond donors (Lipinski definition) is 5. The first-order valence-corrected chi connectivity index (χ1v) is 18.0. The van der Waals surface area contributed by atoms with Crippen molar-refractivity contribution in [1.82, 2.24) is 30.6 Å². The summed E-state index contributed by atoms with van der Waals surface area (Å²) in [6, 6.07) is 18.2. The van der Waals surface area contributed by atoms with Gasteiger partial charge in [-0.15, -0.1) is 0 Å². The fraction of sp³-hybridized carbons (Fsp3) is 0.306. The van der Waals surface area contributed by atoms with Gasteiger partial charge in [-0.2, -0.15) is 28.1 Å². The quantitative estimate of drug-likeness (QED) is 0.0781. The molecule has 0 unspecified atom stereocenters. The van der Waals surface area contributed by atoms with Crippen LogP contribution in [0.2, 0.25) is 5.02 Å². The molecule has 14 nitrogen and oxygen atoms in total. The zero-order valence-corrected chi connectivity index (χ0v) is 31.2. The number of thiazole rings is 1. The Balaban J connectivity index is 1.02. The third-order valence-corrected chi connectivity index (χ3v) is 9.54. The van der Waals surface area contributed by atoms with E-state index in [0.29, 0.717) is 27.5 Å². The van der Waals surface area contributed by atoms with Crippen LogP contribution in [0.1, 0.15) is 42.6 Å². The molecule has 0 bridgehead atoms. The van der Waals surface area contributed by atoms with E-state index in [0.717, 1.165) is 23.1 Å². The molecule has 1 fully saturated rings. The lowest BCUT2D eigenvalue weighted by atomic mass is 9.93. The molecule has 0 radical (unpaired) electrons. The van der Waals surface area contributed by atoms with Crippen LogP contribution in [0, 0.1) is 5.41 Å². The maximum absolute atomic E-state index is 13.0. The summed E-state index contributed by atoms with van der Waals surface area (Å²) in [5.74, 6) is -1.57. The number of rotatable bonds is 14. The number of carbonyl (C=O) groups excluding carboxylic acids is 3. The topological polar surface area (TPSA) is 181 Å². The Kier molecular flexibility index (Phi) is 11.3. The second kappa shape index (κ2) is 15.9. The van der Waals surface area contributed by atoms with Crippen molar-refractivity contribution in [2.24, 2.45) is 5.41 Å². The molecule has 6 rings (SSSR count). The summed E-state index contributed by atoms with van der Waals surface area (Å²) in [5.41, 5.74) is 1.14. The van der Waals surface area contributed by atoms with Crippen LogP contribution >= 0.6 is 22.9 Å². The second-order valence-corrected chi connectivity index (χ2v) is 14.9. The smallest absolute Gasteiger partial charge is 0.422 e. The third-order valence-electron chi connectivity index (χ3n) is 8.36. The van der Waals surface area contributed by atoms with Gasteiger partial charge in [0.05, 0.1) is 22.9 Å². The average Bonchev–Trinajstić information content (AvgIpc) is 3.81. The maximum Gasteiger partial charge on any atom is 0.422 e. The Bertz CT molecular complexity index is 2200. The molecule has 55 heavy (non-hydrogen) atoms. The van der Waals surface area contributed by atoms with Crippen molar-refractivity contribution in [2.75, 3.05) is 42.8 Å². The van der Waals surface area contributed by atoms with E-state index >= 15 is 0 Å². The minimum atomic E-state index is -4.61. The van der Waals surface area contributed by atoms with Crippen molar-refractivity contribution in [3.63, 3.8) is 0 Å². The third kappa shape index (κ3) is 10.5. The minimum Gasteiger partial charge on any atom is -0.497 e. The van der Waals surface area contributed by atoms with E-state index in [1.807, 2.05) is 26.0 Å². The molecule has 3 aromatic carbocycles. The summed E-state index contributed by atoms with van der Waals surface area (Å²) in [6.45, 7) is 2.26. The van der Waals surface area contributed by atoms with E-state index in [2.05, 4.69) is 46.5 Å². The highest BCUT2D eigenvalue weighted by Gasteiger charge is 2.45. The van der Waals surface area contributed by atoms with Crippen molar-refractivity contribution in [3.05, 3.63) is 82.9 Å². The first kappa shape index (κ1) is 39.0. The maximum atomic E-state index is 13.0. The molecule has 288 valence electrons. The molecule has 1 saturated carbocycles. The first-order chi connectivity index (χ1) is 26.1. The molecule has 2 aromatic heterocycles. The van der Waals surface area contributed by atoms with Gasteiger partial charge in [-0.25, -0.2) is 4.98 Å². The van der Waals surface area contributed by atoms with E-state index < -0.39 is 47.5 Å². The largest absolute Gasteiger partial charge is 0.497 e. The molecule has 19 heteroatoms. The average molecular weight is 798 g/mol. The highest BCUT2D eigenvalue weighted by atomic mass is 35.5. The van der Waals surface area contributed by atoms with Gasteiger partial charge in [0.2, 0.25) is 11.9 Å². The molecule has 2 heterocycles. The van der Waals surface area contributed by atoms with Crippen LogP contribution in [0.15, 0.2) is 66.7 Å². The van der Waals surface area contributed by atoms with Crippen molar-refractivity contribution < 1.29 is 37.0 Å². The van der Waals surface area contributed by atoms with E-state index in [4.69, 9.17) is 21.1 Å². The summed E-state index contributed by atoms with van der Waals surface area (Å²) in [5, 5.41) is 14.9. The van der Waals surface area contributed by atoms with Crippen molar-refractivity contribution >= 4 is 73.6 Å². The van der Waals surface area contributed by atoms with Gasteiger partial charge in [0, 0.05) is 29.4 Å². The molecule has 3 amide bonds. The fourth-order valence-corrected chi connectivity index (χ4v) is 6.25. The van der Waals surface area contributed by atoms with Gasteiger partial charge in [-0.1, -0.05) is 48.9 Å². The highest BCUT2D eigenvalue weighted by Crippen LogP contribution is 2.48. The van der Waals surface area contributed by atoms with E-state index in [1.54, 1.807) is 49.6 Å². The summed E-state index contributed by atoms with van der Waals surface area (Å²) < 4.78 is 49.7. The number of halogens is 4. The molecule has 0 spiro atoms. The Morgan fingerprint density at radius 1 is 0.873 bits per heavy atom. The lowest BCUT2D eigenvalue weighted by molar-refractivity contribution is -0.154. The number of fused-ring (bicyclic) bond motifs is 1. The number of carbonyl (C=O) groups is 3. The van der Waals surface area contributed by atoms with E-state index in [-0.39, 0.29) is 30.1 Å². The second-order valence-electron chi connectivity index (χ2n) is 13.4. The van der Waals surface area contributed by atoms with Crippen molar-refractivity contribution in [1.29, 1.82) is 0 Å². The fourth-order valence-electron chi connectivity index (χ4n) is 5.23. The zero-order valence-electron chi connectivity index (χ0n) is 29.6. The number of nitrogens with one attached hydrogen (secondary N) is 5. The van der Waals surface area contributed by atoms with Crippen LogP contribution in [0.5, 0.6) is 11.8 Å². The Morgan fingerprint density at radius 3 is 2.24 bits per heavy atom. The van der Waals surface area contributed by atoms with Crippen molar-refractivity contribution in [2.45, 2.75) is 38.4 Å². The molecule has 1 aliphatic carbocycles. The normalized spacial score (nSPS) is 13.4. The Hall–Kier alpha value is -5.75. The summed E-state index contributed by atoms with van der Waals surface area (Å²) in [6.07, 6.45) is -3.15. The van der Waals surface area contributed by atoms with E-state index in [9.17, 15) is 27.6 Å². The number of alkyl halides is 3. The number of hydrogen-bond acceptors (Lipinski definition) is 12. The Morgan fingerprint density at radius 2 is 1.56 bits per heavy atom. The van der Waals surface area contributed by atoms with Crippen LogP contribution in [-0.2, 0) is 15.1 Å². The highest BCUT2D eigenvalue weighted by molar-refractivity contribution is 7.22. The van der Waals surface area contributed by atoms with Gasteiger partial charge in [-0.05, 0) is 78.4 Å². The van der Waals surface area contributed by atoms with Gasteiger partial charge < -0.3 is 30.7 Å². The molecule has 0 atom stereocenters. The number of methoxy groups -OCH3 is 1. The van der Waals surface area contributed by atoms with Gasteiger partial charge in [0.1, 0.15) is 5.75 Å². The number of ether oxygens (including phenoxy) is 2. The van der Waals surface area contributed by atoms with Gasteiger partial charge >= 0.3 is 24.0 Å². The zero-order chi connectivity index (χ0) is 39.4. The minimum absolute atomic E-state index is 0.00660. The number of benzene rings is 3. The summed E-state index contributed by atoms with van der Waals surface area (Å²) in [4.78, 5) is 54.8. The van der Waals surface area contributed by atoms with Crippen LogP contribution in [0.3, 0.4) is 0 Å². The summed E-state index contributed by atoms with van der Waals surface area (Å²) in [7, 11) is 1.55. The molecule has 5 aromatic rings. The van der Waals surface area contributed by atoms with Crippen LogP contribution in [0.25, 0.3) is 10.2 Å². The molecule has 5 N–H and O–H groups in total. The monoisotopic (exact) mass is 797 g/mol. The number of amides is 3. The van der Waals surface area contributed by atoms with Gasteiger partial charge in [-0.3, -0.25) is 19.7 Å². The number of anilines is 4. The van der Waals surface area contributed by atoms with Crippen LogP contribution in [0.4, 0.5) is 35.9 Å². The van der Waals surface area contributed by atoms with Crippen molar-refractivity contribution in [3.8, 4) is 11.8 Å². The molecular weight excluding hydrogens is 763 g/mol. The molecular formula is C36H35ClF3N9O5S. The predicted molar refractivity (Wildman–Crippen MR) is 201 cm³/mol. The predicted octanol–water partition coefficient (Wildman–Crippen LogP) is 6.44. The Labute approximate surface area is 321 Å². The SMILES string of the molecule is COc1ccc2nc(NC(=O)C(=O)NCC(C)(C)CNC(=O)c3ccc(Nc4nc(NC5(c6ccc(Cl)cc6)CC5)nc(OCC(F)(F)F)n4)cc3)sc2c1. The number of aromatic nitrogens is 4. The van der Waals surface area contributed by atoms with Crippen LogP contribution in [-0.4, -0.2) is 70.6 Å². The molecule has 1 aliphatic rings. The number of nitrogens with zero attached hydrogens (tertiary/aromatic N) is 4. The molecule has 0 saturated heterocycles. The van der Waals surface area contributed by atoms with E-state index in [1.165, 1.54) is 23.5 Å². The lowest BCUT2D eigenvalue weighted by Gasteiger charge is -2.25. The lowest BCUT2D eigenvalue weighted by Crippen LogP contribution is -2.44. The molecule has 0 aliphatic heterocycles. The van der Waals surface area contributed by atoms with Gasteiger partial charge in [0.25, 0.3) is 5.91 Å². The first-order valence-electron chi connectivity index (χ1n) is 16.8. The standard InChI is InChI=1S/C36H35ClF3N9O5S/c1-34(2,18-42-28(51)29(52)45-33-44-25-13-12-24(53-3)16-26(25)55-33)17-41-27(50)20-4-10-23(11-5-20)43-30-46-31(48-32(47-30)54-19-36(38,39)40)49-35(14-15-35)21-6-8-22(37)9-7-21/h4-13,16H,14-15,17-19H2,1-3H3,(H,41,50)(H,42,51)(H,44,45,52)(H2,43,46,47,48,49). The summed E-state index contributed by atoms with van der Waals surface area (Å²) >= 11 is 7.24.